The van der Waals surface area contributed by atoms with Crippen molar-refractivity contribution in [1.82, 2.24) is 0 Å². The molecule has 0 saturated carbocycles. The van der Waals surface area contributed by atoms with Crippen LogP contribution in [0.3, 0.4) is 0 Å². The summed E-state index contributed by atoms with van der Waals surface area (Å²) in [5.41, 5.74) is 1.37. The van der Waals surface area contributed by atoms with Crippen LogP contribution in [0, 0.1) is 0 Å². The van der Waals surface area contributed by atoms with Crippen LogP contribution < -0.4 is 0 Å². The van der Waals surface area contributed by atoms with Gasteiger partial charge in [0.25, 0.3) is 0 Å². The van der Waals surface area contributed by atoms with Gasteiger partial charge in [-0.1, -0.05) is 0 Å². The maximum atomic E-state index is 5.18. The Hall–Kier alpha value is -0.720. The van der Waals surface area contributed by atoms with Gasteiger partial charge in [-0.25, -0.2) is 0 Å². The molecule has 0 unspecified atom stereocenters. The fraction of sp³-hybridized carbons (Fsp3) is 0.429. The summed E-state index contributed by atoms with van der Waals surface area (Å²) in [6.45, 7) is 0. The molecule has 1 aromatic rings. The fourth-order valence-corrected chi connectivity index (χ4v) is 1.16. The summed E-state index contributed by atoms with van der Waals surface area (Å²) < 4.78 is 5.18. The summed E-state index contributed by atoms with van der Waals surface area (Å²) in [6, 6.07) is 2.14. The molecule has 0 atom stereocenters. The van der Waals surface area contributed by atoms with Gasteiger partial charge < -0.3 is 4.42 Å². The highest BCUT2D eigenvalue weighted by molar-refractivity contribution is 5.16. The van der Waals surface area contributed by atoms with Crippen molar-refractivity contribution in [2.75, 3.05) is 0 Å². The van der Waals surface area contributed by atoms with Gasteiger partial charge in [-0.2, -0.15) is 0 Å². The Bertz CT molecular complexity index is 170. The first-order valence-electron chi connectivity index (χ1n) is 3.01. The summed E-state index contributed by atoms with van der Waals surface area (Å²) in [6.07, 6.45) is 5.49. The first kappa shape index (κ1) is 4.19. The molecule has 0 amide bonds. The molecule has 1 aliphatic rings. The Morgan fingerprint density at radius 3 is 3.12 bits per heavy atom. The van der Waals surface area contributed by atoms with Gasteiger partial charge in [-0.15, -0.1) is 0 Å². The van der Waals surface area contributed by atoms with Gasteiger partial charge in [0.05, 0.1) is 6.26 Å². The molecule has 8 heavy (non-hydrogen) atoms. The van der Waals surface area contributed by atoms with Crippen LogP contribution in [0.4, 0.5) is 0 Å². The van der Waals surface area contributed by atoms with Crippen LogP contribution in [0.15, 0.2) is 16.7 Å². The Labute approximate surface area is 48.3 Å². The van der Waals surface area contributed by atoms with Crippen LogP contribution in [-0.2, 0) is 12.8 Å². The van der Waals surface area contributed by atoms with Gasteiger partial charge >= 0.3 is 0 Å². The minimum atomic E-state index is 1.14. The van der Waals surface area contributed by atoms with Crippen molar-refractivity contribution in [1.29, 1.82) is 0 Å². The van der Waals surface area contributed by atoms with Crippen LogP contribution in [-0.4, -0.2) is 0 Å². The molecule has 0 spiro atoms. The Kier molecular flexibility index (Phi) is 0.720. The lowest BCUT2D eigenvalue weighted by Crippen LogP contribution is -1.90. The van der Waals surface area contributed by atoms with E-state index in [0.717, 1.165) is 12.2 Å². The molecule has 2 bridgehead atoms. The Morgan fingerprint density at radius 1 is 1.38 bits per heavy atom. The van der Waals surface area contributed by atoms with E-state index in [0.29, 0.717) is 0 Å². The number of rotatable bonds is 0. The maximum absolute atomic E-state index is 5.18. The lowest BCUT2D eigenvalue weighted by Gasteiger charge is -1.97. The third-order valence-corrected chi connectivity index (χ3v) is 1.60. The predicted octanol–water partition coefficient (Wildman–Crippen LogP) is 1.77. The van der Waals surface area contributed by atoms with E-state index in [1.54, 1.807) is 0 Å². The van der Waals surface area contributed by atoms with Gasteiger partial charge in [0, 0.05) is 6.42 Å². The number of hydrogen-bond acceptors (Lipinski definition) is 1. The monoisotopic (exact) mass is 108 g/mol. The molecule has 0 fully saturated rings. The van der Waals surface area contributed by atoms with Crippen molar-refractivity contribution < 1.29 is 4.42 Å². The molecule has 1 aromatic heterocycles. The summed E-state index contributed by atoms with van der Waals surface area (Å²) in [7, 11) is 0. The summed E-state index contributed by atoms with van der Waals surface area (Å²) in [5, 5.41) is 0. The van der Waals surface area contributed by atoms with E-state index >= 15 is 0 Å². The van der Waals surface area contributed by atoms with E-state index in [-0.39, 0.29) is 0 Å². The molecule has 1 nitrogen and oxygen atoms in total. The molecule has 0 aliphatic heterocycles. The molecule has 1 aliphatic carbocycles. The van der Waals surface area contributed by atoms with E-state index in [1.807, 2.05) is 6.26 Å². The quantitative estimate of drug-likeness (QED) is 0.493. The van der Waals surface area contributed by atoms with Crippen LogP contribution in [0.2, 0.25) is 0 Å². The lowest BCUT2D eigenvalue weighted by atomic mass is 10.1. The number of hydrogen-bond donors (Lipinski definition) is 0. The van der Waals surface area contributed by atoms with Gasteiger partial charge in [0.15, 0.2) is 0 Å². The first-order valence-corrected chi connectivity index (χ1v) is 3.01. The van der Waals surface area contributed by atoms with Gasteiger partial charge in [-0.05, 0) is 24.5 Å². The number of furan rings is 1. The van der Waals surface area contributed by atoms with Crippen LogP contribution in [0.1, 0.15) is 17.7 Å². The van der Waals surface area contributed by atoms with E-state index < -0.39 is 0 Å². The molecule has 0 saturated heterocycles. The normalized spacial score (nSPS) is 16.5. The SMILES string of the molecule is c1oc2cc1CCC2. The van der Waals surface area contributed by atoms with E-state index in [4.69, 9.17) is 4.42 Å². The zero-order valence-corrected chi connectivity index (χ0v) is 4.68. The van der Waals surface area contributed by atoms with Gasteiger partial charge in [0.1, 0.15) is 5.76 Å². The zero-order chi connectivity index (χ0) is 5.40. The topological polar surface area (TPSA) is 13.1 Å². The minimum absolute atomic E-state index is 1.14. The second-order valence-corrected chi connectivity index (χ2v) is 2.27. The lowest BCUT2D eigenvalue weighted by molar-refractivity contribution is 0.511. The van der Waals surface area contributed by atoms with E-state index in [1.165, 1.54) is 18.4 Å². The van der Waals surface area contributed by atoms with Crippen LogP contribution >= 0.6 is 0 Å². The number of aryl methyl sites for hydroxylation is 2. The fourth-order valence-electron chi connectivity index (χ4n) is 1.16. The van der Waals surface area contributed by atoms with Gasteiger partial charge in [-0.3, -0.25) is 0 Å². The predicted molar refractivity (Wildman–Crippen MR) is 30.7 cm³/mol. The third-order valence-electron chi connectivity index (χ3n) is 1.60. The van der Waals surface area contributed by atoms with Crippen molar-refractivity contribution >= 4 is 0 Å². The van der Waals surface area contributed by atoms with Crippen LogP contribution in [0.25, 0.3) is 0 Å². The van der Waals surface area contributed by atoms with Crippen molar-refractivity contribution in [2.24, 2.45) is 0 Å². The standard InChI is InChI=1S/C7H8O/c1-2-6-4-7(3-1)8-5-6/h4-5H,1-3H2. The highest BCUT2D eigenvalue weighted by Crippen LogP contribution is 2.17. The van der Waals surface area contributed by atoms with E-state index in [9.17, 15) is 0 Å². The molecular weight excluding hydrogens is 100 g/mol. The zero-order valence-electron chi connectivity index (χ0n) is 4.68. The summed E-state index contributed by atoms with van der Waals surface area (Å²) in [4.78, 5) is 0. The minimum Gasteiger partial charge on any atom is -0.469 e. The summed E-state index contributed by atoms with van der Waals surface area (Å²) in [5.74, 6) is 1.16. The molecule has 1 heteroatoms. The highest BCUT2D eigenvalue weighted by Gasteiger charge is 2.06. The molecular formula is C7H8O. The largest absolute Gasteiger partial charge is 0.469 e. The second-order valence-electron chi connectivity index (χ2n) is 2.27. The number of fused-ring (bicyclic) bond motifs is 2. The Morgan fingerprint density at radius 2 is 2.38 bits per heavy atom. The third kappa shape index (κ3) is 0.474. The van der Waals surface area contributed by atoms with Crippen molar-refractivity contribution in [3.63, 3.8) is 0 Å². The summed E-state index contributed by atoms with van der Waals surface area (Å²) >= 11 is 0. The molecule has 1 heterocycles. The molecule has 42 valence electrons. The second kappa shape index (κ2) is 1.38. The molecule has 0 radical (unpaired) electrons. The molecule has 2 rings (SSSR count). The van der Waals surface area contributed by atoms with Crippen molar-refractivity contribution in [3.05, 3.63) is 23.7 Å². The van der Waals surface area contributed by atoms with Crippen molar-refractivity contribution in [3.8, 4) is 0 Å². The van der Waals surface area contributed by atoms with Crippen molar-refractivity contribution in [2.45, 2.75) is 19.3 Å². The van der Waals surface area contributed by atoms with Crippen LogP contribution in [0.5, 0.6) is 0 Å². The van der Waals surface area contributed by atoms with Gasteiger partial charge in [0.2, 0.25) is 0 Å². The average Bonchev–Trinajstić information content (AvgIpc) is 2.12. The Balaban J connectivity index is 2.53. The first-order chi connectivity index (χ1) is 3.95. The van der Waals surface area contributed by atoms with E-state index in [2.05, 4.69) is 6.07 Å². The smallest absolute Gasteiger partial charge is 0.104 e. The maximum Gasteiger partial charge on any atom is 0.104 e. The average molecular weight is 108 g/mol. The molecule has 0 N–H and O–H groups in total. The molecule has 0 aromatic carbocycles. The highest BCUT2D eigenvalue weighted by atomic mass is 16.3.